The zero-order valence-corrected chi connectivity index (χ0v) is 12.8. The maximum Gasteiger partial charge on any atom is 0.147 e. The lowest BCUT2D eigenvalue weighted by Crippen LogP contribution is -2.18. The summed E-state index contributed by atoms with van der Waals surface area (Å²) in [6.07, 6.45) is 1.24. The first kappa shape index (κ1) is 14.8. The number of benzene rings is 1. The van der Waals surface area contributed by atoms with Crippen LogP contribution in [0.25, 0.3) is 10.9 Å². The van der Waals surface area contributed by atoms with Crippen LogP contribution in [-0.4, -0.2) is 32.0 Å². The van der Waals surface area contributed by atoms with E-state index in [9.17, 15) is 8.42 Å². The van der Waals surface area contributed by atoms with E-state index in [-0.39, 0.29) is 11.7 Å². The summed E-state index contributed by atoms with van der Waals surface area (Å²) in [4.78, 5) is 4.48. The highest BCUT2D eigenvalue weighted by molar-refractivity contribution is 7.90. The average molecular weight is 293 g/mol. The normalized spacial score (nSPS) is 13.3. The molecule has 20 heavy (non-hydrogen) atoms. The van der Waals surface area contributed by atoms with Crippen molar-refractivity contribution in [3.63, 3.8) is 0 Å². The van der Waals surface area contributed by atoms with Crippen LogP contribution < -0.4 is 4.74 Å². The van der Waals surface area contributed by atoms with Crippen LogP contribution in [0.2, 0.25) is 0 Å². The van der Waals surface area contributed by atoms with Gasteiger partial charge in [-0.1, -0.05) is 25.1 Å². The number of para-hydroxylation sites is 1. The highest BCUT2D eigenvalue weighted by Crippen LogP contribution is 2.24. The first-order valence-electron chi connectivity index (χ1n) is 6.52. The van der Waals surface area contributed by atoms with Gasteiger partial charge in [0.2, 0.25) is 0 Å². The Morgan fingerprint density at radius 2 is 2.00 bits per heavy atom. The Labute approximate surface area is 119 Å². The minimum Gasteiger partial charge on any atom is -0.491 e. The van der Waals surface area contributed by atoms with Crippen LogP contribution in [0.1, 0.15) is 12.6 Å². The summed E-state index contributed by atoms with van der Waals surface area (Å²) in [5.74, 6) is 0.779. The second kappa shape index (κ2) is 5.79. The van der Waals surface area contributed by atoms with Crippen molar-refractivity contribution in [3.8, 4) is 5.75 Å². The van der Waals surface area contributed by atoms with E-state index in [2.05, 4.69) is 4.98 Å². The summed E-state index contributed by atoms with van der Waals surface area (Å²) >= 11 is 0. The van der Waals surface area contributed by atoms with Gasteiger partial charge in [0, 0.05) is 23.3 Å². The van der Waals surface area contributed by atoms with E-state index in [1.165, 1.54) is 6.26 Å². The summed E-state index contributed by atoms with van der Waals surface area (Å²) in [5.41, 5.74) is 1.75. The Morgan fingerprint density at radius 3 is 2.70 bits per heavy atom. The van der Waals surface area contributed by atoms with Crippen molar-refractivity contribution < 1.29 is 13.2 Å². The number of sulfone groups is 1. The van der Waals surface area contributed by atoms with Crippen molar-refractivity contribution in [2.24, 2.45) is 5.92 Å². The first-order valence-corrected chi connectivity index (χ1v) is 8.58. The fourth-order valence-corrected chi connectivity index (χ4v) is 3.26. The fourth-order valence-electron chi connectivity index (χ4n) is 2.13. The molecule has 1 aromatic heterocycles. The van der Waals surface area contributed by atoms with Gasteiger partial charge in [-0.3, -0.25) is 0 Å². The molecule has 0 fully saturated rings. The SMILES string of the molecule is Cc1ccc2cccc(OCC(C)CS(C)(=O)=O)c2n1. The van der Waals surface area contributed by atoms with Gasteiger partial charge in [-0.25, -0.2) is 13.4 Å². The molecule has 4 nitrogen and oxygen atoms in total. The van der Waals surface area contributed by atoms with Gasteiger partial charge in [-0.15, -0.1) is 0 Å². The molecule has 0 amide bonds. The minimum atomic E-state index is -2.97. The zero-order valence-electron chi connectivity index (χ0n) is 12.0. The molecule has 1 heterocycles. The Hall–Kier alpha value is -1.62. The van der Waals surface area contributed by atoms with Gasteiger partial charge in [0.25, 0.3) is 0 Å². The molecular formula is C15H19NO3S. The summed E-state index contributed by atoms with van der Waals surface area (Å²) in [6.45, 7) is 4.16. The number of aryl methyl sites for hydroxylation is 1. The molecule has 0 aliphatic rings. The molecule has 0 aliphatic heterocycles. The van der Waals surface area contributed by atoms with Gasteiger partial charge < -0.3 is 4.74 Å². The number of rotatable bonds is 5. The third-order valence-electron chi connectivity index (χ3n) is 2.93. The lowest BCUT2D eigenvalue weighted by Gasteiger charge is -2.13. The predicted octanol–water partition coefficient (Wildman–Crippen LogP) is 2.60. The van der Waals surface area contributed by atoms with Crippen molar-refractivity contribution in [2.45, 2.75) is 13.8 Å². The zero-order chi connectivity index (χ0) is 14.8. The Bertz CT molecular complexity index is 710. The Kier molecular flexibility index (Phi) is 4.28. The van der Waals surface area contributed by atoms with Crippen molar-refractivity contribution in [1.29, 1.82) is 0 Å². The molecule has 5 heteroatoms. The molecule has 0 aliphatic carbocycles. The molecule has 0 radical (unpaired) electrons. The topological polar surface area (TPSA) is 56.3 Å². The predicted molar refractivity (Wildman–Crippen MR) is 80.8 cm³/mol. The molecule has 0 spiro atoms. The average Bonchev–Trinajstić information content (AvgIpc) is 2.34. The number of hydrogen-bond acceptors (Lipinski definition) is 4. The standard InChI is InChI=1S/C15H19NO3S/c1-11(10-20(3,17)18)9-19-14-6-4-5-13-8-7-12(2)16-15(13)14/h4-8,11H,9-10H2,1-3H3. The van der Waals surface area contributed by atoms with Crippen LogP contribution in [0.15, 0.2) is 30.3 Å². The van der Waals surface area contributed by atoms with Crippen molar-refractivity contribution >= 4 is 20.7 Å². The van der Waals surface area contributed by atoms with E-state index in [1.807, 2.05) is 44.2 Å². The minimum absolute atomic E-state index is 0.0509. The van der Waals surface area contributed by atoms with Crippen LogP contribution in [-0.2, 0) is 9.84 Å². The second-order valence-electron chi connectivity index (χ2n) is 5.29. The number of pyridine rings is 1. The highest BCUT2D eigenvalue weighted by Gasteiger charge is 2.12. The van der Waals surface area contributed by atoms with Gasteiger partial charge in [-0.2, -0.15) is 0 Å². The monoisotopic (exact) mass is 293 g/mol. The molecule has 108 valence electrons. The van der Waals surface area contributed by atoms with Gasteiger partial charge in [-0.05, 0) is 19.1 Å². The summed E-state index contributed by atoms with van der Waals surface area (Å²) in [6, 6.07) is 9.72. The van der Waals surface area contributed by atoms with Gasteiger partial charge >= 0.3 is 0 Å². The van der Waals surface area contributed by atoms with Crippen LogP contribution in [0.3, 0.4) is 0 Å². The van der Waals surface area contributed by atoms with E-state index < -0.39 is 9.84 Å². The van der Waals surface area contributed by atoms with Gasteiger partial charge in [0.15, 0.2) is 0 Å². The van der Waals surface area contributed by atoms with Crippen LogP contribution >= 0.6 is 0 Å². The molecule has 0 saturated carbocycles. The van der Waals surface area contributed by atoms with E-state index in [0.29, 0.717) is 12.4 Å². The molecule has 1 unspecified atom stereocenters. The molecule has 2 rings (SSSR count). The molecule has 0 N–H and O–H groups in total. The third-order valence-corrected chi connectivity index (χ3v) is 4.11. The Morgan fingerprint density at radius 1 is 1.25 bits per heavy atom. The van der Waals surface area contributed by atoms with Crippen molar-refractivity contribution in [3.05, 3.63) is 36.0 Å². The number of nitrogens with zero attached hydrogens (tertiary/aromatic N) is 1. The van der Waals surface area contributed by atoms with Crippen LogP contribution in [0.4, 0.5) is 0 Å². The highest BCUT2D eigenvalue weighted by atomic mass is 32.2. The molecule has 0 saturated heterocycles. The van der Waals surface area contributed by atoms with Crippen molar-refractivity contribution in [2.75, 3.05) is 18.6 Å². The maximum absolute atomic E-state index is 11.2. The largest absolute Gasteiger partial charge is 0.491 e. The van der Waals surface area contributed by atoms with Crippen molar-refractivity contribution in [1.82, 2.24) is 4.98 Å². The second-order valence-corrected chi connectivity index (χ2v) is 7.47. The van der Waals surface area contributed by atoms with Crippen LogP contribution in [0, 0.1) is 12.8 Å². The first-order chi connectivity index (χ1) is 9.35. The third kappa shape index (κ3) is 3.93. The fraction of sp³-hybridized carbons (Fsp3) is 0.400. The van der Waals surface area contributed by atoms with Crippen LogP contribution in [0.5, 0.6) is 5.75 Å². The molecule has 0 bridgehead atoms. The number of aromatic nitrogens is 1. The summed E-state index contributed by atoms with van der Waals surface area (Å²) in [7, 11) is -2.97. The summed E-state index contributed by atoms with van der Waals surface area (Å²) in [5, 5.41) is 1.02. The number of ether oxygens (including phenoxy) is 1. The molecule has 1 atom stereocenters. The quantitative estimate of drug-likeness (QED) is 0.850. The Balaban J connectivity index is 2.16. The maximum atomic E-state index is 11.2. The molecule has 1 aromatic carbocycles. The number of hydrogen-bond donors (Lipinski definition) is 0. The molecule has 2 aromatic rings. The lowest BCUT2D eigenvalue weighted by molar-refractivity contribution is 0.274. The smallest absolute Gasteiger partial charge is 0.147 e. The van der Waals surface area contributed by atoms with E-state index in [4.69, 9.17) is 4.74 Å². The lowest BCUT2D eigenvalue weighted by atomic mass is 10.2. The van der Waals surface area contributed by atoms with Gasteiger partial charge in [0.05, 0.1) is 12.4 Å². The summed E-state index contributed by atoms with van der Waals surface area (Å²) < 4.78 is 28.2. The van der Waals surface area contributed by atoms with Gasteiger partial charge in [0.1, 0.15) is 21.1 Å². The van der Waals surface area contributed by atoms with E-state index >= 15 is 0 Å². The number of fused-ring (bicyclic) bond motifs is 1. The van der Waals surface area contributed by atoms with E-state index in [1.54, 1.807) is 0 Å². The van der Waals surface area contributed by atoms with E-state index in [0.717, 1.165) is 16.6 Å². The molecular weight excluding hydrogens is 274 g/mol.